The number of thioether (sulfide) groups is 1. The van der Waals surface area contributed by atoms with E-state index in [0.717, 1.165) is 35.4 Å². The first-order chi connectivity index (χ1) is 15.1. The molecule has 3 atom stereocenters. The van der Waals surface area contributed by atoms with Gasteiger partial charge in [-0.25, -0.2) is 4.79 Å². The number of nitrogens with one attached hydrogen (secondary N) is 1. The van der Waals surface area contributed by atoms with Gasteiger partial charge in [0.25, 0.3) is 5.91 Å². The minimum atomic E-state index is -0.366. The SMILES string of the molecule is COC(=O)c1ccc(/C=C2\SC(Nc3ccccc3)N([C@H]3CCCC[C@@H]3C)C2=O)cc1. The van der Waals surface area contributed by atoms with Crippen LogP contribution in [0.1, 0.15) is 48.5 Å². The Hall–Kier alpha value is -2.73. The van der Waals surface area contributed by atoms with Crippen molar-refractivity contribution in [2.45, 2.75) is 44.1 Å². The standard InChI is InChI=1S/C25H28N2O3S/c1-17-8-6-7-11-21(17)27-23(28)22(31-25(27)26-20-9-4-3-5-10-20)16-18-12-14-19(15-13-18)24(29)30-2/h3-5,9-10,12-17,21,25-26H,6-8,11H2,1-2H3/b22-16-/t17-,21-,25?/m0/s1. The van der Waals surface area contributed by atoms with Gasteiger partial charge >= 0.3 is 5.97 Å². The average Bonchev–Trinajstić information content (AvgIpc) is 3.09. The lowest BCUT2D eigenvalue weighted by molar-refractivity contribution is -0.129. The van der Waals surface area contributed by atoms with Crippen molar-refractivity contribution in [1.29, 1.82) is 0 Å². The Kier molecular flexibility index (Phi) is 6.66. The molecule has 1 unspecified atom stereocenters. The Morgan fingerprint density at radius 1 is 1.10 bits per heavy atom. The Balaban J connectivity index is 1.61. The summed E-state index contributed by atoms with van der Waals surface area (Å²) in [6.07, 6.45) is 6.52. The second kappa shape index (κ2) is 9.60. The summed E-state index contributed by atoms with van der Waals surface area (Å²) in [7, 11) is 1.37. The van der Waals surface area contributed by atoms with Gasteiger partial charge in [0.05, 0.1) is 17.6 Å². The largest absolute Gasteiger partial charge is 0.465 e. The van der Waals surface area contributed by atoms with Gasteiger partial charge in [-0.15, -0.1) is 0 Å². The number of carbonyl (C=O) groups excluding carboxylic acids is 2. The van der Waals surface area contributed by atoms with E-state index in [4.69, 9.17) is 4.74 Å². The number of para-hydroxylation sites is 1. The van der Waals surface area contributed by atoms with Crippen molar-refractivity contribution in [3.05, 3.63) is 70.6 Å². The van der Waals surface area contributed by atoms with Crippen molar-refractivity contribution in [3.63, 3.8) is 0 Å². The highest BCUT2D eigenvalue weighted by Gasteiger charge is 2.42. The summed E-state index contributed by atoms with van der Waals surface area (Å²) in [5.74, 6) is 0.196. The van der Waals surface area contributed by atoms with Gasteiger partial charge in [-0.2, -0.15) is 0 Å². The molecule has 2 aliphatic rings. The molecular formula is C25H28N2O3S. The average molecular weight is 437 g/mol. The number of methoxy groups -OCH3 is 1. The highest BCUT2D eigenvalue weighted by atomic mass is 32.2. The summed E-state index contributed by atoms with van der Waals surface area (Å²) in [5.41, 5.74) is 2.25. The van der Waals surface area contributed by atoms with Crippen molar-refractivity contribution in [1.82, 2.24) is 4.90 Å². The maximum absolute atomic E-state index is 13.5. The minimum Gasteiger partial charge on any atom is -0.465 e. The topological polar surface area (TPSA) is 58.6 Å². The second-order valence-electron chi connectivity index (χ2n) is 8.14. The Morgan fingerprint density at radius 2 is 1.81 bits per heavy atom. The molecule has 0 bridgehead atoms. The zero-order valence-electron chi connectivity index (χ0n) is 17.9. The van der Waals surface area contributed by atoms with Crippen molar-refractivity contribution < 1.29 is 14.3 Å². The molecule has 2 fully saturated rings. The fourth-order valence-corrected chi connectivity index (χ4v) is 5.56. The van der Waals surface area contributed by atoms with Gasteiger partial charge in [-0.1, -0.05) is 61.9 Å². The van der Waals surface area contributed by atoms with Crippen LogP contribution in [0.15, 0.2) is 59.5 Å². The number of nitrogens with zero attached hydrogens (tertiary/aromatic N) is 1. The van der Waals surface area contributed by atoms with Crippen LogP contribution < -0.4 is 5.32 Å². The monoisotopic (exact) mass is 436 g/mol. The van der Waals surface area contributed by atoms with Gasteiger partial charge in [-0.3, -0.25) is 4.79 Å². The molecule has 1 N–H and O–H groups in total. The molecule has 0 radical (unpaired) electrons. The molecule has 1 heterocycles. The predicted molar refractivity (Wildman–Crippen MR) is 125 cm³/mol. The summed E-state index contributed by atoms with van der Waals surface area (Å²) >= 11 is 1.56. The molecule has 162 valence electrons. The number of benzene rings is 2. The molecular weight excluding hydrogens is 408 g/mol. The fraction of sp³-hybridized carbons (Fsp3) is 0.360. The van der Waals surface area contributed by atoms with Gasteiger partial charge < -0.3 is 15.0 Å². The van der Waals surface area contributed by atoms with Crippen LogP contribution in [-0.2, 0) is 9.53 Å². The molecule has 1 aliphatic carbocycles. The van der Waals surface area contributed by atoms with E-state index >= 15 is 0 Å². The highest BCUT2D eigenvalue weighted by Crippen LogP contribution is 2.42. The molecule has 2 aromatic rings. The van der Waals surface area contributed by atoms with E-state index < -0.39 is 0 Å². The van der Waals surface area contributed by atoms with Gasteiger partial charge in [0.1, 0.15) is 0 Å². The molecule has 31 heavy (non-hydrogen) atoms. The number of esters is 1. The first kappa shape index (κ1) is 21.5. The highest BCUT2D eigenvalue weighted by molar-refractivity contribution is 8.05. The van der Waals surface area contributed by atoms with Crippen LogP contribution in [0.5, 0.6) is 0 Å². The van der Waals surface area contributed by atoms with E-state index in [1.807, 2.05) is 48.5 Å². The summed E-state index contributed by atoms with van der Waals surface area (Å²) in [6, 6.07) is 17.4. The molecule has 1 saturated heterocycles. The van der Waals surface area contributed by atoms with E-state index in [1.165, 1.54) is 13.5 Å². The third-order valence-electron chi connectivity index (χ3n) is 6.05. The number of hydrogen-bond donors (Lipinski definition) is 1. The summed E-state index contributed by atoms with van der Waals surface area (Å²) in [6.45, 7) is 2.26. The van der Waals surface area contributed by atoms with Gasteiger partial charge in [0.2, 0.25) is 0 Å². The van der Waals surface area contributed by atoms with Crippen LogP contribution in [0.4, 0.5) is 5.69 Å². The maximum Gasteiger partial charge on any atom is 0.337 e. The third-order valence-corrected chi connectivity index (χ3v) is 7.17. The molecule has 1 aliphatic heterocycles. The van der Waals surface area contributed by atoms with Crippen LogP contribution in [-0.4, -0.2) is 35.4 Å². The van der Waals surface area contributed by atoms with Crippen molar-refractivity contribution in [3.8, 4) is 0 Å². The first-order valence-corrected chi connectivity index (χ1v) is 11.7. The predicted octanol–water partition coefficient (Wildman–Crippen LogP) is 5.36. The van der Waals surface area contributed by atoms with E-state index in [1.54, 1.807) is 23.9 Å². The van der Waals surface area contributed by atoms with Crippen LogP contribution in [0.25, 0.3) is 6.08 Å². The van der Waals surface area contributed by atoms with E-state index in [2.05, 4.69) is 17.1 Å². The number of hydrogen-bond acceptors (Lipinski definition) is 5. The molecule has 6 heteroatoms. The quantitative estimate of drug-likeness (QED) is 0.505. The number of carbonyl (C=O) groups is 2. The lowest BCUT2D eigenvalue weighted by Gasteiger charge is -2.39. The zero-order chi connectivity index (χ0) is 21.8. The van der Waals surface area contributed by atoms with Gasteiger partial charge in [0, 0.05) is 11.7 Å². The number of ether oxygens (including phenoxy) is 1. The number of amides is 1. The summed E-state index contributed by atoms with van der Waals surface area (Å²) < 4.78 is 4.76. The molecule has 4 rings (SSSR count). The summed E-state index contributed by atoms with van der Waals surface area (Å²) in [5, 5.41) is 3.55. The Morgan fingerprint density at radius 3 is 2.48 bits per heavy atom. The van der Waals surface area contributed by atoms with Gasteiger partial charge in [0.15, 0.2) is 5.50 Å². The molecule has 1 saturated carbocycles. The van der Waals surface area contributed by atoms with Crippen molar-refractivity contribution >= 4 is 35.4 Å². The normalized spacial score (nSPS) is 25.0. The molecule has 0 aromatic heterocycles. The maximum atomic E-state index is 13.5. The molecule has 1 amide bonds. The first-order valence-electron chi connectivity index (χ1n) is 10.8. The van der Waals surface area contributed by atoms with Crippen LogP contribution in [0, 0.1) is 5.92 Å². The third kappa shape index (κ3) is 4.79. The minimum absolute atomic E-state index is 0.0780. The lowest BCUT2D eigenvalue weighted by Crippen LogP contribution is -2.48. The molecule has 2 aromatic carbocycles. The second-order valence-corrected chi connectivity index (χ2v) is 9.27. The van der Waals surface area contributed by atoms with Crippen molar-refractivity contribution in [2.75, 3.05) is 12.4 Å². The Labute approximate surface area is 187 Å². The molecule has 0 spiro atoms. The van der Waals surface area contributed by atoms with Gasteiger partial charge in [-0.05, 0) is 54.7 Å². The van der Waals surface area contributed by atoms with Crippen molar-refractivity contribution in [2.24, 2.45) is 5.92 Å². The zero-order valence-corrected chi connectivity index (χ0v) is 18.7. The number of anilines is 1. The molecule has 5 nitrogen and oxygen atoms in total. The van der Waals surface area contributed by atoms with E-state index in [9.17, 15) is 9.59 Å². The number of rotatable bonds is 5. The Bertz CT molecular complexity index is 958. The van der Waals surface area contributed by atoms with E-state index in [0.29, 0.717) is 11.5 Å². The van der Waals surface area contributed by atoms with E-state index in [-0.39, 0.29) is 23.4 Å². The smallest absolute Gasteiger partial charge is 0.337 e. The van der Waals surface area contributed by atoms with Crippen LogP contribution in [0.2, 0.25) is 0 Å². The fourth-order valence-electron chi connectivity index (χ4n) is 4.35. The lowest BCUT2D eigenvalue weighted by atomic mass is 9.85. The van der Waals surface area contributed by atoms with Crippen LogP contribution >= 0.6 is 11.8 Å². The van der Waals surface area contributed by atoms with Crippen LogP contribution in [0.3, 0.4) is 0 Å². The summed E-state index contributed by atoms with van der Waals surface area (Å²) in [4.78, 5) is 27.9.